The van der Waals surface area contributed by atoms with Gasteiger partial charge in [-0.3, -0.25) is 0 Å². The third kappa shape index (κ3) is 5.99. The molecule has 350 valence electrons. The van der Waals surface area contributed by atoms with Crippen molar-refractivity contribution < 1.29 is 13.3 Å². The molecule has 0 radical (unpaired) electrons. The number of anilines is 3. The third-order valence-corrected chi connectivity index (χ3v) is 15.9. The summed E-state index contributed by atoms with van der Waals surface area (Å²) in [6, 6.07) is 93.7. The van der Waals surface area contributed by atoms with Crippen molar-refractivity contribution in [1.29, 1.82) is 0 Å². The van der Waals surface area contributed by atoms with E-state index in [1.54, 1.807) is 0 Å². The Hall–Kier alpha value is -9.90. The Balaban J connectivity index is 0.926. The average molecular weight is 958 g/mol. The molecule has 1 spiro atoms. The SMILES string of the molecule is c1ccc(-c2oc(-c3ccccc3)c3c2-c2ccc(N(c4ccc(-c5cccc6c5oc5ccccc56)cc4)c4ccc(-c5cccc6c5oc5ccccc56)cc4)cc2C32c3ccccc3-c3ccccc32)cc1. The Morgan fingerprint density at radius 1 is 0.280 bits per heavy atom. The van der Waals surface area contributed by atoms with Crippen molar-refractivity contribution in [2.45, 2.75) is 5.41 Å². The number of furan rings is 3. The predicted molar refractivity (Wildman–Crippen MR) is 306 cm³/mol. The van der Waals surface area contributed by atoms with Gasteiger partial charge in [0.25, 0.3) is 0 Å². The maximum atomic E-state index is 7.31. The van der Waals surface area contributed by atoms with E-state index in [-0.39, 0.29) is 0 Å². The Labute approximate surface area is 432 Å². The number of hydrogen-bond donors (Lipinski definition) is 0. The summed E-state index contributed by atoms with van der Waals surface area (Å²) in [5.74, 6) is 1.76. The molecule has 0 N–H and O–H groups in total. The second kappa shape index (κ2) is 16.1. The van der Waals surface area contributed by atoms with Gasteiger partial charge in [-0.1, -0.05) is 212 Å². The molecular formula is C71H43NO3. The minimum absolute atomic E-state index is 0.703. The van der Waals surface area contributed by atoms with Crippen LogP contribution >= 0.6 is 0 Å². The van der Waals surface area contributed by atoms with Gasteiger partial charge in [0.05, 0.1) is 5.41 Å². The van der Waals surface area contributed by atoms with Gasteiger partial charge in [0.1, 0.15) is 33.9 Å². The lowest BCUT2D eigenvalue weighted by molar-refractivity contribution is 0.588. The van der Waals surface area contributed by atoms with Gasteiger partial charge in [0.2, 0.25) is 0 Å². The highest BCUT2D eigenvalue weighted by Crippen LogP contribution is 2.67. The molecule has 14 aromatic rings. The smallest absolute Gasteiger partial charge is 0.143 e. The summed E-state index contributed by atoms with van der Waals surface area (Å²) >= 11 is 0. The molecule has 0 unspecified atom stereocenters. The van der Waals surface area contributed by atoms with Gasteiger partial charge in [-0.25, -0.2) is 0 Å². The van der Waals surface area contributed by atoms with Crippen molar-refractivity contribution in [3.05, 3.63) is 283 Å². The van der Waals surface area contributed by atoms with Gasteiger partial charge in [-0.15, -0.1) is 0 Å². The van der Waals surface area contributed by atoms with Crippen LogP contribution in [0.15, 0.2) is 274 Å². The van der Waals surface area contributed by atoms with E-state index in [0.29, 0.717) is 0 Å². The van der Waals surface area contributed by atoms with Gasteiger partial charge in [-0.05, 0) is 93.0 Å². The van der Waals surface area contributed by atoms with Gasteiger partial charge in [0, 0.05) is 72.0 Å². The van der Waals surface area contributed by atoms with Gasteiger partial charge >= 0.3 is 0 Å². The fourth-order valence-electron chi connectivity index (χ4n) is 12.7. The van der Waals surface area contributed by atoms with Crippen molar-refractivity contribution in [1.82, 2.24) is 0 Å². The molecule has 0 saturated carbocycles. The standard InChI is InChI=1S/C71H43NO3/c1-3-17-46(18-4-1)67-65-59-42-41-50(43-62(59)71(66(65)68(75-67)47-19-5-2-6-20-47)60-29-11-7-21-53(60)54-22-8-12-30-61(54)71)72(48-37-33-44(34-38-48)51-25-15-27-57-55-23-9-13-31-63(55)73-69(51)57)49-39-35-45(36-40-49)52-26-16-28-58-56-24-10-14-32-64(56)74-70(52)58/h1-43H. The quantitative estimate of drug-likeness (QED) is 0.160. The number of rotatable bonds is 7. The van der Waals surface area contributed by atoms with Crippen LogP contribution in [0.25, 0.3) is 111 Å². The Morgan fingerprint density at radius 3 is 1.27 bits per heavy atom. The summed E-state index contributed by atoms with van der Waals surface area (Å²) in [4.78, 5) is 2.40. The fourth-order valence-corrected chi connectivity index (χ4v) is 12.7. The largest absolute Gasteiger partial charge is 0.455 e. The molecule has 0 fully saturated rings. The van der Waals surface area contributed by atoms with E-state index in [1.165, 1.54) is 33.4 Å². The lowest BCUT2D eigenvalue weighted by atomic mass is 9.70. The second-order valence-electron chi connectivity index (χ2n) is 19.8. The van der Waals surface area contributed by atoms with Crippen LogP contribution in [0.4, 0.5) is 17.1 Å². The summed E-state index contributed by atoms with van der Waals surface area (Å²) in [5.41, 5.74) is 22.0. The van der Waals surface area contributed by atoms with Crippen molar-refractivity contribution in [3.63, 3.8) is 0 Å². The van der Waals surface area contributed by atoms with E-state index in [1.807, 2.05) is 24.3 Å². The van der Waals surface area contributed by atoms with Crippen LogP contribution < -0.4 is 4.90 Å². The van der Waals surface area contributed by atoms with E-state index < -0.39 is 5.41 Å². The third-order valence-electron chi connectivity index (χ3n) is 15.9. The molecular weight excluding hydrogens is 915 g/mol. The fraction of sp³-hybridized carbons (Fsp3) is 0.0141. The van der Waals surface area contributed by atoms with E-state index in [9.17, 15) is 0 Å². The maximum absolute atomic E-state index is 7.31. The van der Waals surface area contributed by atoms with E-state index in [2.05, 4.69) is 241 Å². The van der Waals surface area contributed by atoms with E-state index in [0.717, 1.165) is 117 Å². The summed E-state index contributed by atoms with van der Waals surface area (Å²) in [6.07, 6.45) is 0. The van der Waals surface area contributed by atoms with Crippen LogP contribution in [0.3, 0.4) is 0 Å². The zero-order valence-electron chi connectivity index (χ0n) is 40.5. The molecule has 0 bridgehead atoms. The first-order chi connectivity index (χ1) is 37.2. The molecule has 11 aromatic carbocycles. The molecule has 0 aliphatic heterocycles. The van der Waals surface area contributed by atoms with Crippen molar-refractivity contribution in [3.8, 4) is 67.2 Å². The molecule has 2 aliphatic rings. The molecule has 3 aromatic heterocycles. The average Bonchev–Trinajstić information content (AvgIpc) is 4.35. The van der Waals surface area contributed by atoms with Crippen LogP contribution in [0.5, 0.6) is 0 Å². The highest BCUT2D eigenvalue weighted by molar-refractivity contribution is 6.11. The molecule has 16 rings (SSSR count). The van der Waals surface area contributed by atoms with Crippen LogP contribution in [-0.4, -0.2) is 0 Å². The first-order valence-corrected chi connectivity index (χ1v) is 25.6. The zero-order valence-corrected chi connectivity index (χ0v) is 40.5. The normalized spacial score (nSPS) is 12.9. The Kier molecular flexibility index (Phi) is 8.92. The maximum Gasteiger partial charge on any atom is 0.143 e. The molecule has 0 saturated heterocycles. The topological polar surface area (TPSA) is 42.7 Å². The number of fused-ring (bicyclic) bond motifs is 16. The summed E-state index contributed by atoms with van der Waals surface area (Å²) in [7, 11) is 0. The zero-order chi connectivity index (χ0) is 49.2. The van der Waals surface area contributed by atoms with E-state index >= 15 is 0 Å². The van der Waals surface area contributed by atoms with Crippen LogP contribution in [0, 0.1) is 0 Å². The lowest BCUT2D eigenvalue weighted by Crippen LogP contribution is -2.26. The van der Waals surface area contributed by atoms with Crippen LogP contribution in [0.1, 0.15) is 22.3 Å². The summed E-state index contributed by atoms with van der Waals surface area (Å²) in [6.45, 7) is 0. The Morgan fingerprint density at radius 2 is 0.720 bits per heavy atom. The van der Waals surface area contributed by atoms with Gasteiger partial charge < -0.3 is 18.2 Å². The highest BCUT2D eigenvalue weighted by Gasteiger charge is 2.55. The lowest BCUT2D eigenvalue weighted by Gasteiger charge is -2.32. The Bertz CT molecular complexity index is 4370. The number of nitrogens with zero attached hydrogens (tertiary/aromatic N) is 1. The van der Waals surface area contributed by atoms with Gasteiger partial charge in [-0.2, -0.15) is 0 Å². The molecule has 4 heteroatoms. The van der Waals surface area contributed by atoms with Crippen molar-refractivity contribution in [2.75, 3.05) is 4.90 Å². The van der Waals surface area contributed by atoms with Crippen molar-refractivity contribution >= 4 is 60.9 Å². The first-order valence-electron chi connectivity index (χ1n) is 25.6. The minimum atomic E-state index is -0.703. The number of hydrogen-bond acceptors (Lipinski definition) is 4. The molecule has 0 atom stereocenters. The highest BCUT2D eigenvalue weighted by atomic mass is 16.3. The molecule has 2 aliphatic carbocycles. The molecule has 4 nitrogen and oxygen atoms in total. The minimum Gasteiger partial charge on any atom is -0.455 e. The monoisotopic (exact) mass is 957 g/mol. The second-order valence-corrected chi connectivity index (χ2v) is 19.8. The van der Waals surface area contributed by atoms with Crippen LogP contribution in [0.2, 0.25) is 0 Å². The summed E-state index contributed by atoms with van der Waals surface area (Å²) < 4.78 is 20.4. The van der Waals surface area contributed by atoms with Crippen LogP contribution in [-0.2, 0) is 5.41 Å². The van der Waals surface area contributed by atoms with Gasteiger partial charge in [0.15, 0.2) is 0 Å². The van der Waals surface area contributed by atoms with Crippen molar-refractivity contribution in [2.24, 2.45) is 0 Å². The molecule has 75 heavy (non-hydrogen) atoms. The summed E-state index contributed by atoms with van der Waals surface area (Å²) in [5, 5.41) is 4.46. The predicted octanol–water partition coefficient (Wildman–Crippen LogP) is 19.6. The first kappa shape index (κ1) is 41.7. The number of benzene rings is 11. The molecule has 0 amide bonds. The molecule has 3 heterocycles. The van der Waals surface area contributed by atoms with E-state index in [4.69, 9.17) is 13.3 Å². The number of para-hydroxylation sites is 4.